The summed E-state index contributed by atoms with van der Waals surface area (Å²) < 4.78 is 18.0. The predicted octanol–water partition coefficient (Wildman–Crippen LogP) is 2.04. The average molecular weight is 229 g/mol. The molecule has 0 bridgehead atoms. The minimum Gasteiger partial charge on any atom is -0.462 e. The van der Waals surface area contributed by atoms with E-state index in [0.717, 1.165) is 5.56 Å². The Kier molecular flexibility index (Phi) is 2.31. The molecular formula is C10H10ClFN2O. The summed E-state index contributed by atoms with van der Waals surface area (Å²) in [6.07, 6.45) is 0. The number of hydrogen-bond acceptors (Lipinski definition) is 3. The van der Waals surface area contributed by atoms with Crippen molar-refractivity contribution in [1.82, 2.24) is 0 Å². The molecule has 80 valence electrons. The van der Waals surface area contributed by atoms with Crippen molar-refractivity contribution < 1.29 is 9.13 Å². The number of ether oxygens (including phenoxy) is 1. The van der Waals surface area contributed by atoms with E-state index in [1.165, 1.54) is 6.07 Å². The van der Waals surface area contributed by atoms with E-state index in [-0.39, 0.29) is 11.0 Å². The lowest BCUT2D eigenvalue weighted by molar-refractivity contribution is 0.266. The number of nitrogens with two attached hydrogens (primary N) is 1. The van der Waals surface area contributed by atoms with Crippen LogP contribution in [0.5, 0.6) is 0 Å². The standard InChI is InChI=1S/C10H10ClFN2O/c1-10(5-15-9(13)14-10)6-2-3-8(12)7(11)4-6/h2-4H,5H2,1H3,(H2,13,14). The Hall–Kier alpha value is -1.29. The lowest BCUT2D eigenvalue weighted by Gasteiger charge is -2.18. The number of hydrogen-bond donors (Lipinski definition) is 1. The van der Waals surface area contributed by atoms with Crippen LogP contribution < -0.4 is 5.73 Å². The molecule has 2 N–H and O–H groups in total. The molecule has 3 nitrogen and oxygen atoms in total. The molecular weight excluding hydrogens is 219 g/mol. The highest BCUT2D eigenvalue weighted by atomic mass is 35.5. The normalized spacial score (nSPS) is 24.9. The van der Waals surface area contributed by atoms with Crippen LogP contribution in [-0.2, 0) is 10.3 Å². The molecule has 1 aliphatic rings. The molecule has 15 heavy (non-hydrogen) atoms. The van der Waals surface area contributed by atoms with Gasteiger partial charge in [0.1, 0.15) is 18.0 Å². The van der Waals surface area contributed by atoms with Crippen LogP contribution in [0.15, 0.2) is 23.2 Å². The molecule has 0 spiro atoms. The molecule has 2 rings (SSSR count). The maximum Gasteiger partial charge on any atom is 0.283 e. The van der Waals surface area contributed by atoms with Crippen molar-refractivity contribution in [3.05, 3.63) is 34.6 Å². The minimum atomic E-state index is -0.568. The van der Waals surface area contributed by atoms with Crippen LogP contribution >= 0.6 is 11.6 Å². The van der Waals surface area contributed by atoms with Crippen molar-refractivity contribution in [3.8, 4) is 0 Å². The molecule has 1 heterocycles. The van der Waals surface area contributed by atoms with Gasteiger partial charge in [0.05, 0.1) is 5.02 Å². The Morgan fingerprint density at radius 1 is 1.60 bits per heavy atom. The van der Waals surface area contributed by atoms with E-state index in [0.29, 0.717) is 6.61 Å². The van der Waals surface area contributed by atoms with Crippen LogP contribution in [0.4, 0.5) is 4.39 Å². The number of amidine groups is 1. The molecule has 1 aromatic rings. The summed E-state index contributed by atoms with van der Waals surface area (Å²) in [7, 11) is 0. The Bertz CT molecular complexity index is 435. The van der Waals surface area contributed by atoms with Crippen molar-refractivity contribution >= 4 is 17.6 Å². The van der Waals surface area contributed by atoms with Crippen LogP contribution in [-0.4, -0.2) is 12.6 Å². The lowest BCUT2D eigenvalue weighted by Crippen LogP contribution is -2.20. The van der Waals surface area contributed by atoms with Gasteiger partial charge in [-0.2, -0.15) is 0 Å². The summed E-state index contributed by atoms with van der Waals surface area (Å²) in [6.45, 7) is 2.21. The van der Waals surface area contributed by atoms with E-state index in [4.69, 9.17) is 22.1 Å². The highest BCUT2D eigenvalue weighted by Crippen LogP contribution is 2.31. The molecule has 0 saturated heterocycles. The average Bonchev–Trinajstić information content (AvgIpc) is 2.52. The molecule has 0 fully saturated rings. The number of aliphatic imine (C=N–C) groups is 1. The van der Waals surface area contributed by atoms with Crippen molar-refractivity contribution in [2.45, 2.75) is 12.5 Å². The summed E-state index contributed by atoms with van der Waals surface area (Å²) in [6, 6.07) is 4.64. The van der Waals surface area contributed by atoms with E-state index < -0.39 is 11.4 Å². The second kappa shape index (κ2) is 3.38. The molecule has 1 aliphatic heterocycles. The third-order valence-corrected chi connectivity index (χ3v) is 2.69. The van der Waals surface area contributed by atoms with Gasteiger partial charge in [-0.25, -0.2) is 9.38 Å². The van der Waals surface area contributed by atoms with Crippen LogP contribution in [0.25, 0.3) is 0 Å². The van der Waals surface area contributed by atoms with Gasteiger partial charge in [0.2, 0.25) is 0 Å². The van der Waals surface area contributed by atoms with Crippen LogP contribution in [0, 0.1) is 5.82 Å². The zero-order chi connectivity index (χ0) is 11.1. The smallest absolute Gasteiger partial charge is 0.283 e. The molecule has 0 amide bonds. The second-order valence-corrected chi connectivity index (χ2v) is 4.05. The summed E-state index contributed by atoms with van der Waals surface area (Å²) in [5.41, 5.74) is 5.65. The molecule has 5 heteroatoms. The largest absolute Gasteiger partial charge is 0.462 e. The van der Waals surface area contributed by atoms with Crippen molar-refractivity contribution in [1.29, 1.82) is 0 Å². The monoisotopic (exact) mass is 228 g/mol. The molecule has 0 aliphatic carbocycles. The zero-order valence-corrected chi connectivity index (χ0v) is 8.88. The van der Waals surface area contributed by atoms with Crippen molar-refractivity contribution in [3.63, 3.8) is 0 Å². The summed E-state index contributed by atoms with van der Waals surface area (Å²) in [4.78, 5) is 4.15. The van der Waals surface area contributed by atoms with E-state index >= 15 is 0 Å². The molecule has 1 unspecified atom stereocenters. The van der Waals surface area contributed by atoms with Gasteiger partial charge in [-0.3, -0.25) is 0 Å². The third kappa shape index (κ3) is 1.77. The Balaban J connectivity index is 2.42. The van der Waals surface area contributed by atoms with Gasteiger partial charge in [0.25, 0.3) is 6.02 Å². The molecule has 1 aromatic carbocycles. The number of rotatable bonds is 1. The number of nitrogens with zero attached hydrogens (tertiary/aromatic N) is 1. The molecule has 1 atom stereocenters. The van der Waals surface area contributed by atoms with Crippen LogP contribution in [0.3, 0.4) is 0 Å². The first-order valence-electron chi connectivity index (χ1n) is 4.45. The van der Waals surface area contributed by atoms with Crippen molar-refractivity contribution in [2.75, 3.05) is 6.61 Å². The predicted molar refractivity (Wildman–Crippen MR) is 56.3 cm³/mol. The van der Waals surface area contributed by atoms with Crippen molar-refractivity contribution in [2.24, 2.45) is 10.7 Å². The van der Waals surface area contributed by atoms with Gasteiger partial charge < -0.3 is 10.5 Å². The van der Waals surface area contributed by atoms with Gasteiger partial charge in [-0.05, 0) is 24.6 Å². The summed E-state index contributed by atoms with van der Waals surface area (Å²) >= 11 is 5.70. The maximum atomic E-state index is 13.0. The summed E-state index contributed by atoms with van der Waals surface area (Å²) in [5.74, 6) is -0.445. The highest BCUT2D eigenvalue weighted by molar-refractivity contribution is 6.30. The fraction of sp³-hybridized carbons (Fsp3) is 0.300. The first kappa shape index (κ1) is 10.2. The summed E-state index contributed by atoms with van der Waals surface area (Å²) in [5, 5.41) is 0.0781. The van der Waals surface area contributed by atoms with E-state index in [1.807, 2.05) is 6.92 Å². The molecule has 0 aromatic heterocycles. The lowest BCUT2D eigenvalue weighted by atomic mass is 9.94. The van der Waals surface area contributed by atoms with E-state index in [9.17, 15) is 4.39 Å². The minimum absolute atomic E-state index is 0.0781. The first-order chi connectivity index (χ1) is 7.01. The zero-order valence-electron chi connectivity index (χ0n) is 8.13. The number of benzene rings is 1. The maximum absolute atomic E-state index is 13.0. The number of halogens is 2. The first-order valence-corrected chi connectivity index (χ1v) is 4.83. The Labute approximate surface area is 91.7 Å². The molecule has 0 radical (unpaired) electrons. The van der Waals surface area contributed by atoms with Gasteiger partial charge in [0, 0.05) is 0 Å². The van der Waals surface area contributed by atoms with Gasteiger partial charge in [0.15, 0.2) is 0 Å². The topological polar surface area (TPSA) is 47.6 Å². The SMILES string of the molecule is CC1(c2ccc(F)c(Cl)c2)COC(N)=N1. The van der Waals surface area contributed by atoms with Crippen LogP contribution in [0.2, 0.25) is 5.02 Å². The second-order valence-electron chi connectivity index (χ2n) is 3.64. The Morgan fingerprint density at radius 2 is 2.33 bits per heavy atom. The van der Waals surface area contributed by atoms with Gasteiger partial charge >= 0.3 is 0 Å². The fourth-order valence-electron chi connectivity index (χ4n) is 1.50. The van der Waals surface area contributed by atoms with Crippen LogP contribution in [0.1, 0.15) is 12.5 Å². The quantitative estimate of drug-likeness (QED) is 0.800. The highest BCUT2D eigenvalue weighted by Gasteiger charge is 2.33. The fourth-order valence-corrected chi connectivity index (χ4v) is 1.68. The van der Waals surface area contributed by atoms with Gasteiger partial charge in [-0.15, -0.1) is 0 Å². The van der Waals surface area contributed by atoms with E-state index in [2.05, 4.69) is 4.99 Å². The van der Waals surface area contributed by atoms with E-state index in [1.54, 1.807) is 12.1 Å². The third-order valence-electron chi connectivity index (χ3n) is 2.40. The Morgan fingerprint density at radius 3 is 2.87 bits per heavy atom. The van der Waals surface area contributed by atoms with Gasteiger partial charge in [-0.1, -0.05) is 17.7 Å². The molecule has 0 saturated carbocycles.